The average Bonchev–Trinajstić information content (AvgIpc) is 3.48. The molecular weight excluding hydrogens is 334 g/mol. The molecule has 0 radical (unpaired) electrons. The highest BCUT2D eigenvalue weighted by atomic mass is 32.2. The number of hydrogen-bond donors (Lipinski definition) is 1. The lowest BCUT2D eigenvalue weighted by Crippen LogP contribution is -2.15. The van der Waals surface area contributed by atoms with Gasteiger partial charge in [0.2, 0.25) is 5.91 Å². The van der Waals surface area contributed by atoms with E-state index in [1.165, 1.54) is 17.8 Å². The van der Waals surface area contributed by atoms with Gasteiger partial charge in [-0.1, -0.05) is 11.8 Å². The predicted molar refractivity (Wildman–Crippen MR) is 86.0 cm³/mol. The fraction of sp³-hybridized carbons (Fsp3) is 0.438. The molecule has 0 saturated heterocycles. The minimum absolute atomic E-state index is 0.147. The number of rotatable bonds is 6. The molecule has 1 N–H and O–H groups in total. The van der Waals surface area contributed by atoms with Gasteiger partial charge >= 0.3 is 0 Å². The standard InChI is InChI=1S/C16H16F2N4OS/c17-12-6-3-10(7-13(12)18)19-14(23)8-24-16-21-20-15(9-1-2-9)22(16)11-4-5-11/h3,6-7,9,11H,1-2,4-5,8H2,(H,19,23). The normalized spacial score (nSPS) is 17.1. The summed E-state index contributed by atoms with van der Waals surface area (Å²) >= 11 is 1.33. The first-order valence-electron chi connectivity index (χ1n) is 7.94. The summed E-state index contributed by atoms with van der Waals surface area (Å²) in [5.41, 5.74) is 0.238. The lowest BCUT2D eigenvalue weighted by Gasteiger charge is -2.08. The minimum atomic E-state index is -0.983. The van der Waals surface area contributed by atoms with Crippen LogP contribution in [0.15, 0.2) is 23.4 Å². The average molecular weight is 350 g/mol. The predicted octanol–water partition coefficient (Wildman–Crippen LogP) is 3.50. The van der Waals surface area contributed by atoms with Crippen molar-refractivity contribution in [2.45, 2.75) is 42.8 Å². The molecule has 5 nitrogen and oxygen atoms in total. The molecule has 8 heteroatoms. The third-order valence-corrected chi connectivity index (χ3v) is 5.02. The number of carbonyl (C=O) groups is 1. The summed E-state index contributed by atoms with van der Waals surface area (Å²) in [6.07, 6.45) is 4.58. The van der Waals surface area contributed by atoms with E-state index in [0.717, 1.165) is 48.8 Å². The molecule has 2 aromatic rings. The van der Waals surface area contributed by atoms with E-state index in [9.17, 15) is 13.6 Å². The Morgan fingerprint density at radius 1 is 1.21 bits per heavy atom. The molecule has 2 aliphatic carbocycles. The van der Waals surface area contributed by atoms with Crippen LogP contribution in [0.25, 0.3) is 0 Å². The van der Waals surface area contributed by atoms with Crippen molar-refractivity contribution < 1.29 is 13.6 Å². The van der Waals surface area contributed by atoms with E-state index in [1.54, 1.807) is 0 Å². The summed E-state index contributed by atoms with van der Waals surface area (Å²) in [6, 6.07) is 3.76. The van der Waals surface area contributed by atoms with Crippen LogP contribution in [0.4, 0.5) is 14.5 Å². The van der Waals surface area contributed by atoms with Crippen molar-refractivity contribution in [3.05, 3.63) is 35.7 Å². The van der Waals surface area contributed by atoms with Crippen molar-refractivity contribution in [2.75, 3.05) is 11.1 Å². The Balaban J connectivity index is 1.39. The minimum Gasteiger partial charge on any atom is -0.325 e. The SMILES string of the molecule is O=C(CSc1nnc(C2CC2)n1C1CC1)Nc1ccc(F)c(F)c1. The Hall–Kier alpha value is -1.96. The van der Waals surface area contributed by atoms with E-state index in [0.29, 0.717) is 12.0 Å². The van der Waals surface area contributed by atoms with Crippen LogP contribution in [-0.2, 0) is 4.79 Å². The van der Waals surface area contributed by atoms with Crippen LogP contribution in [0.5, 0.6) is 0 Å². The van der Waals surface area contributed by atoms with Crippen molar-refractivity contribution in [3.8, 4) is 0 Å². The second-order valence-electron chi connectivity index (χ2n) is 6.18. The molecule has 1 amide bonds. The van der Waals surface area contributed by atoms with Gasteiger partial charge in [0.05, 0.1) is 5.75 Å². The van der Waals surface area contributed by atoms with Gasteiger partial charge in [-0.15, -0.1) is 10.2 Å². The van der Waals surface area contributed by atoms with Gasteiger partial charge in [-0.25, -0.2) is 8.78 Å². The van der Waals surface area contributed by atoms with Crippen LogP contribution in [0, 0.1) is 11.6 Å². The summed E-state index contributed by atoms with van der Waals surface area (Å²) in [7, 11) is 0. The summed E-state index contributed by atoms with van der Waals surface area (Å²) in [5, 5.41) is 11.8. The maximum atomic E-state index is 13.2. The van der Waals surface area contributed by atoms with E-state index in [2.05, 4.69) is 20.1 Å². The molecule has 0 spiro atoms. The van der Waals surface area contributed by atoms with Crippen LogP contribution in [0.2, 0.25) is 0 Å². The van der Waals surface area contributed by atoms with Gasteiger partial charge < -0.3 is 9.88 Å². The summed E-state index contributed by atoms with van der Waals surface area (Å²) in [5.74, 6) is -0.501. The number of halogens is 2. The summed E-state index contributed by atoms with van der Waals surface area (Å²) < 4.78 is 28.2. The molecule has 24 heavy (non-hydrogen) atoms. The number of hydrogen-bond acceptors (Lipinski definition) is 4. The topological polar surface area (TPSA) is 59.8 Å². The van der Waals surface area contributed by atoms with Crippen molar-refractivity contribution in [3.63, 3.8) is 0 Å². The van der Waals surface area contributed by atoms with Crippen LogP contribution in [-0.4, -0.2) is 26.4 Å². The molecule has 1 aromatic heterocycles. The van der Waals surface area contributed by atoms with Crippen LogP contribution < -0.4 is 5.32 Å². The molecule has 0 unspecified atom stereocenters. The van der Waals surface area contributed by atoms with E-state index in [1.807, 2.05) is 0 Å². The first-order chi connectivity index (χ1) is 11.6. The highest BCUT2D eigenvalue weighted by molar-refractivity contribution is 7.99. The first kappa shape index (κ1) is 15.6. The largest absolute Gasteiger partial charge is 0.325 e. The zero-order chi connectivity index (χ0) is 16.7. The molecule has 1 heterocycles. The highest BCUT2D eigenvalue weighted by Gasteiger charge is 2.36. The Bertz CT molecular complexity index is 786. The second-order valence-corrected chi connectivity index (χ2v) is 7.12. The highest BCUT2D eigenvalue weighted by Crippen LogP contribution is 2.45. The van der Waals surface area contributed by atoms with Crippen LogP contribution in [0.3, 0.4) is 0 Å². The van der Waals surface area contributed by atoms with Crippen LogP contribution >= 0.6 is 11.8 Å². The maximum absolute atomic E-state index is 13.2. The van der Waals surface area contributed by atoms with E-state index < -0.39 is 11.6 Å². The molecular formula is C16H16F2N4OS. The van der Waals surface area contributed by atoms with Crippen molar-refractivity contribution in [1.29, 1.82) is 0 Å². The van der Waals surface area contributed by atoms with E-state index in [4.69, 9.17) is 0 Å². The zero-order valence-electron chi connectivity index (χ0n) is 12.8. The van der Waals surface area contributed by atoms with Gasteiger partial charge in [-0.2, -0.15) is 0 Å². The number of thioether (sulfide) groups is 1. The summed E-state index contributed by atoms with van der Waals surface area (Å²) in [4.78, 5) is 12.0. The number of nitrogens with zero attached hydrogens (tertiary/aromatic N) is 3. The fourth-order valence-electron chi connectivity index (χ4n) is 2.58. The molecule has 0 atom stereocenters. The fourth-order valence-corrected chi connectivity index (χ4v) is 3.40. The summed E-state index contributed by atoms with van der Waals surface area (Å²) in [6.45, 7) is 0. The molecule has 2 fully saturated rings. The third-order valence-electron chi connectivity index (χ3n) is 4.08. The monoisotopic (exact) mass is 350 g/mol. The van der Waals surface area contributed by atoms with Gasteiger partial charge in [0, 0.05) is 23.7 Å². The molecule has 2 aliphatic rings. The molecule has 2 saturated carbocycles. The van der Waals surface area contributed by atoms with Crippen molar-refractivity contribution in [2.24, 2.45) is 0 Å². The molecule has 0 aliphatic heterocycles. The smallest absolute Gasteiger partial charge is 0.234 e. The van der Waals surface area contributed by atoms with Gasteiger partial charge in [0.1, 0.15) is 5.82 Å². The lowest BCUT2D eigenvalue weighted by atomic mass is 10.3. The van der Waals surface area contributed by atoms with Crippen molar-refractivity contribution in [1.82, 2.24) is 14.8 Å². The third kappa shape index (κ3) is 3.28. The van der Waals surface area contributed by atoms with Gasteiger partial charge in [0.25, 0.3) is 0 Å². The van der Waals surface area contributed by atoms with Crippen molar-refractivity contribution >= 4 is 23.4 Å². The van der Waals surface area contributed by atoms with E-state index >= 15 is 0 Å². The number of aromatic nitrogens is 3. The van der Waals surface area contributed by atoms with Gasteiger partial charge in [-0.05, 0) is 37.8 Å². The van der Waals surface area contributed by atoms with E-state index in [-0.39, 0.29) is 17.3 Å². The number of anilines is 1. The lowest BCUT2D eigenvalue weighted by molar-refractivity contribution is -0.113. The number of amides is 1. The quantitative estimate of drug-likeness (QED) is 0.810. The van der Waals surface area contributed by atoms with Gasteiger partial charge in [-0.3, -0.25) is 4.79 Å². The number of benzene rings is 1. The Morgan fingerprint density at radius 3 is 2.67 bits per heavy atom. The van der Waals surface area contributed by atoms with Gasteiger partial charge in [0.15, 0.2) is 16.8 Å². The molecule has 0 bridgehead atoms. The molecule has 1 aromatic carbocycles. The molecule has 4 rings (SSSR count). The Kier molecular flexibility index (Phi) is 3.99. The maximum Gasteiger partial charge on any atom is 0.234 e. The second kappa shape index (κ2) is 6.16. The molecule has 126 valence electrons. The number of nitrogens with one attached hydrogen (secondary N) is 1. The Labute approximate surface area is 141 Å². The zero-order valence-corrected chi connectivity index (χ0v) is 13.7. The first-order valence-corrected chi connectivity index (χ1v) is 8.93. The number of carbonyl (C=O) groups excluding carboxylic acids is 1. The Morgan fingerprint density at radius 2 is 2.00 bits per heavy atom. The van der Waals surface area contributed by atoms with Crippen LogP contribution in [0.1, 0.15) is 43.5 Å².